The summed E-state index contributed by atoms with van der Waals surface area (Å²) in [6, 6.07) is -0.912. The maximum atomic E-state index is 13.0. The molecule has 2 amide bonds. The Balaban J connectivity index is 1.55. The number of thioether (sulfide) groups is 1. The van der Waals surface area contributed by atoms with E-state index >= 15 is 0 Å². The lowest BCUT2D eigenvalue weighted by Gasteiger charge is -2.49. The van der Waals surface area contributed by atoms with Crippen molar-refractivity contribution < 1.29 is 28.9 Å². The molecule has 0 radical (unpaired) electrons. The number of carboxylic acids is 1. The molecule has 4 rings (SSSR count). The zero-order valence-electron chi connectivity index (χ0n) is 18.5. The van der Waals surface area contributed by atoms with Gasteiger partial charge >= 0.3 is 5.97 Å². The monoisotopic (exact) mass is 504 g/mol. The van der Waals surface area contributed by atoms with Crippen molar-refractivity contribution in [3.05, 3.63) is 46.1 Å². The van der Waals surface area contributed by atoms with Gasteiger partial charge in [0.05, 0.1) is 0 Å². The number of amides is 2. The van der Waals surface area contributed by atoms with E-state index in [1.54, 1.807) is 5.38 Å². The van der Waals surface area contributed by atoms with Crippen LogP contribution in [0.5, 0.6) is 0 Å². The SMILES string of the molecule is CON=C(C(=O)NC1C(=O)N2C(C(=O)O)=C(C[n+]3cc(C)nc(C)c3)CS[C@@H]12)c1csc(N)n1. The Hall–Kier alpha value is -3.52. The molecule has 2 aliphatic heterocycles. The van der Waals surface area contributed by atoms with E-state index in [9.17, 15) is 19.5 Å². The summed E-state index contributed by atoms with van der Waals surface area (Å²) < 4.78 is 1.85. The van der Waals surface area contributed by atoms with Crippen molar-refractivity contribution in [2.75, 3.05) is 18.6 Å². The minimum absolute atomic E-state index is 0.0584. The van der Waals surface area contributed by atoms with Crippen LogP contribution in [0.4, 0.5) is 5.13 Å². The Morgan fingerprint density at radius 1 is 1.35 bits per heavy atom. The number of carbonyl (C=O) groups excluding carboxylic acids is 2. The summed E-state index contributed by atoms with van der Waals surface area (Å²) in [5.41, 5.74) is 7.87. The third-order valence-electron chi connectivity index (χ3n) is 5.13. The largest absolute Gasteiger partial charge is 0.477 e. The molecule has 4 heterocycles. The van der Waals surface area contributed by atoms with Crippen molar-refractivity contribution >= 4 is 51.7 Å². The van der Waals surface area contributed by atoms with Crippen LogP contribution in [-0.2, 0) is 25.8 Å². The summed E-state index contributed by atoms with van der Waals surface area (Å²) in [6.45, 7) is 4.02. The Morgan fingerprint density at radius 2 is 2.06 bits per heavy atom. The number of fused-ring (bicyclic) bond motifs is 1. The topological polar surface area (TPSA) is 164 Å². The molecule has 2 aromatic rings. The van der Waals surface area contributed by atoms with E-state index < -0.39 is 29.2 Å². The van der Waals surface area contributed by atoms with E-state index in [1.165, 1.54) is 23.8 Å². The standard InChI is InChI=1S/C20H21N7O5S2/c1-9-4-26(5-10(2)22-9)6-11-7-33-18-14(17(29)27(18)15(11)19(30)31)24-16(28)13(25-32-3)12-8-34-20(21)23-12/h4-5,8,14,18H,6-7H2,1-3H3,(H3-,21,23,24,28,30,31)/p+1/t14?,18-/m0/s1. The average molecular weight is 505 g/mol. The third kappa shape index (κ3) is 4.46. The van der Waals surface area contributed by atoms with Crippen LogP contribution in [0.1, 0.15) is 17.1 Å². The zero-order chi connectivity index (χ0) is 24.6. The molecule has 0 aliphatic carbocycles. The van der Waals surface area contributed by atoms with E-state index in [1.807, 2.05) is 30.8 Å². The molecule has 1 unspecified atom stereocenters. The average Bonchev–Trinajstić information content (AvgIpc) is 3.20. The molecule has 0 aromatic carbocycles. The molecule has 12 nitrogen and oxygen atoms in total. The fraction of sp³-hybridized carbons (Fsp3) is 0.350. The molecule has 2 aliphatic rings. The van der Waals surface area contributed by atoms with Crippen molar-refractivity contribution in [1.82, 2.24) is 20.2 Å². The van der Waals surface area contributed by atoms with E-state index in [2.05, 4.69) is 20.4 Å². The number of aromatic nitrogens is 3. The zero-order valence-corrected chi connectivity index (χ0v) is 20.1. The van der Waals surface area contributed by atoms with Crippen molar-refractivity contribution in [3.8, 4) is 0 Å². The summed E-state index contributed by atoms with van der Waals surface area (Å²) >= 11 is 2.52. The van der Waals surface area contributed by atoms with Gasteiger partial charge in [-0.2, -0.15) is 4.57 Å². The number of hydrogen-bond donors (Lipinski definition) is 3. The number of thiazole rings is 1. The molecule has 14 heteroatoms. The Kier molecular flexibility index (Phi) is 6.52. The quantitative estimate of drug-likeness (QED) is 0.201. The number of carboxylic acid groups (broad SMARTS) is 1. The first-order chi connectivity index (χ1) is 16.2. The van der Waals surface area contributed by atoms with Gasteiger partial charge in [0, 0.05) is 16.7 Å². The van der Waals surface area contributed by atoms with Crippen molar-refractivity contribution in [1.29, 1.82) is 0 Å². The molecule has 2 aromatic heterocycles. The van der Waals surface area contributed by atoms with Crippen molar-refractivity contribution in [2.45, 2.75) is 31.8 Å². The first-order valence-corrected chi connectivity index (χ1v) is 12.0. The van der Waals surface area contributed by atoms with Gasteiger partial charge in [-0.05, 0) is 13.8 Å². The number of aliphatic carboxylic acids is 1. The number of oxime groups is 1. The highest BCUT2D eigenvalue weighted by atomic mass is 32.2. The van der Waals surface area contributed by atoms with Crippen LogP contribution >= 0.6 is 23.1 Å². The number of nitrogens with zero attached hydrogens (tertiary/aromatic N) is 5. The molecule has 34 heavy (non-hydrogen) atoms. The molecule has 1 fully saturated rings. The Bertz CT molecular complexity index is 1220. The van der Waals surface area contributed by atoms with Crippen molar-refractivity contribution in [3.63, 3.8) is 0 Å². The van der Waals surface area contributed by atoms with Gasteiger partial charge in [0.2, 0.25) is 0 Å². The molecule has 178 valence electrons. The molecule has 1 saturated heterocycles. The summed E-state index contributed by atoms with van der Waals surface area (Å²) in [4.78, 5) is 52.2. The maximum absolute atomic E-state index is 13.0. The predicted octanol–water partition coefficient (Wildman–Crippen LogP) is -0.186. The van der Waals surface area contributed by atoms with Gasteiger partial charge < -0.3 is 21.0 Å². The lowest BCUT2D eigenvalue weighted by molar-refractivity contribution is -0.690. The van der Waals surface area contributed by atoms with E-state index in [0.29, 0.717) is 17.9 Å². The number of β-lactam (4-membered cyclic amide) rings is 1. The van der Waals surface area contributed by atoms with Gasteiger partial charge in [0.1, 0.15) is 41.3 Å². The molecule has 0 saturated carbocycles. The van der Waals surface area contributed by atoms with Crippen LogP contribution in [0.15, 0.2) is 34.2 Å². The summed E-state index contributed by atoms with van der Waals surface area (Å²) in [7, 11) is 1.28. The lowest BCUT2D eigenvalue weighted by atomic mass is 10.0. The minimum atomic E-state index is -1.19. The number of hydrogen-bond acceptors (Lipinski definition) is 10. The first-order valence-electron chi connectivity index (χ1n) is 10.1. The van der Waals surface area contributed by atoms with Gasteiger partial charge in [-0.3, -0.25) is 14.5 Å². The number of carbonyl (C=O) groups is 3. The summed E-state index contributed by atoms with van der Waals surface area (Å²) in [5.74, 6) is -1.99. The normalized spacial score (nSPS) is 20.0. The Morgan fingerprint density at radius 3 is 2.65 bits per heavy atom. The molecular weight excluding hydrogens is 482 g/mol. The van der Waals surface area contributed by atoms with Crippen LogP contribution in [0.3, 0.4) is 0 Å². The highest BCUT2D eigenvalue weighted by molar-refractivity contribution is 8.00. The second kappa shape index (κ2) is 9.38. The second-order valence-electron chi connectivity index (χ2n) is 7.64. The number of nitrogens with one attached hydrogen (secondary N) is 1. The fourth-order valence-corrected chi connectivity index (χ4v) is 5.75. The molecule has 0 bridgehead atoms. The van der Waals surface area contributed by atoms with Gasteiger partial charge in [0.25, 0.3) is 11.8 Å². The fourth-order valence-electron chi connectivity index (χ4n) is 3.87. The molecule has 2 atom stereocenters. The van der Waals surface area contributed by atoms with Crippen LogP contribution in [0, 0.1) is 13.8 Å². The van der Waals surface area contributed by atoms with Crippen LogP contribution in [0.25, 0.3) is 0 Å². The maximum Gasteiger partial charge on any atom is 0.352 e. The second-order valence-corrected chi connectivity index (χ2v) is 9.63. The first kappa shape index (κ1) is 23.6. The summed E-state index contributed by atoms with van der Waals surface area (Å²) in [6.07, 6.45) is 3.64. The van der Waals surface area contributed by atoms with E-state index in [0.717, 1.165) is 22.7 Å². The highest BCUT2D eigenvalue weighted by Crippen LogP contribution is 2.40. The van der Waals surface area contributed by atoms with Gasteiger partial charge in [0.15, 0.2) is 29.8 Å². The van der Waals surface area contributed by atoms with Crippen LogP contribution < -0.4 is 15.6 Å². The molecule has 4 N–H and O–H groups in total. The summed E-state index contributed by atoms with van der Waals surface area (Å²) in [5, 5.41) is 17.5. The number of anilines is 1. The van der Waals surface area contributed by atoms with Gasteiger partial charge in [-0.15, -0.1) is 23.1 Å². The lowest BCUT2D eigenvalue weighted by Crippen LogP contribution is -2.71. The molecule has 0 spiro atoms. The van der Waals surface area contributed by atoms with Crippen LogP contribution in [-0.4, -0.2) is 67.7 Å². The number of rotatable bonds is 7. The molecular formula is C20H22N7O5S2+. The smallest absolute Gasteiger partial charge is 0.352 e. The van der Waals surface area contributed by atoms with E-state index in [4.69, 9.17) is 10.6 Å². The predicted molar refractivity (Wildman–Crippen MR) is 124 cm³/mol. The van der Waals surface area contributed by atoms with Crippen LogP contribution in [0.2, 0.25) is 0 Å². The minimum Gasteiger partial charge on any atom is -0.477 e. The third-order valence-corrected chi connectivity index (χ3v) is 7.14. The number of aryl methyl sites for hydroxylation is 2. The number of nitrogens with two attached hydrogens (primary N) is 1. The number of nitrogen functional groups attached to an aromatic ring is 1. The van der Waals surface area contributed by atoms with Crippen molar-refractivity contribution in [2.24, 2.45) is 5.16 Å². The Labute approximate surface area is 202 Å². The highest BCUT2D eigenvalue weighted by Gasteiger charge is 2.54. The van der Waals surface area contributed by atoms with E-state index in [-0.39, 0.29) is 22.2 Å². The van der Waals surface area contributed by atoms with Gasteiger partial charge in [-0.25, -0.2) is 14.8 Å². The van der Waals surface area contributed by atoms with Gasteiger partial charge in [-0.1, -0.05) is 5.16 Å².